The summed E-state index contributed by atoms with van der Waals surface area (Å²) in [6.45, 7) is 3.94. The molecular formula is C19H17ClN2O3. The Bertz CT molecular complexity index is 945. The SMILES string of the molecule is CCOc1ccc(NC(=O)c2cn(C(C)=O)c3ccc(Cl)cc23)cc1. The molecule has 0 spiro atoms. The number of fused-ring (bicyclic) bond motifs is 1. The quantitative estimate of drug-likeness (QED) is 0.742. The second-order valence-corrected chi connectivity index (χ2v) is 5.94. The molecule has 0 unspecified atom stereocenters. The number of ether oxygens (including phenoxy) is 1. The zero-order valence-corrected chi connectivity index (χ0v) is 14.6. The molecule has 0 fully saturated rings. The Balaban J connectivity index is 1.94. The van der Waals surface area contributed by atoms with Crippen LogP contribution in [-0.2, 0) is 0 Å². The summed E-state index contributed by atoms with van der Waals surface area (Å²) in [7, 11) is 0. The van der Waals surface area contributed by atoms with Gasteiger partial charge in [-0.15, -0.1) is 0 Å². The van der Waals surface area contributed by atoms with Gasteiger partial charge in [-0.05, 0) is 49.4 Å². The standard InChI is InChI=1S/C19H17ClN2O3/c1-3-25-15-7-5-14(6-8-15)21-19(24)17-11-22(12(2)23)18-9-4-13(20)10-16(17)18/h4-11H,3H2,1-2H3,(H,21,24). The van der Waals surface area contributed by atoms with Crippen LogP contribution >= 0.6 is 11.6 Å². The van der Waals surface area contributed by atoms with E-state index in [1.54, 1.807) is 42.5 Å². The maximum Gasteiger partial charge on any atom is 0.257 e. The van der Waals surface area contributed by atoms with Crippen molar-refractivity contribution in [2.24, 2.45) is 0 Å². The van der Waals surface area contributed by atoms with Crippen LogP contribution in [0.3, 0.4) is 0 Å². The molecular weight excluding hydrogens is 340 g/mol. The van der Waals surface area contributed by atoms with Crippen LogP contribution in [0.1, 0.15) is 29.0 Å². The maximum absolute atomic E-state index is 12.7. The number of hydrogen-bond acceptors (Lipinski definition) is 3. The number of hydrogen-bond donors (Lipinski definition) is 1. The van der Waals surface area contributed by atoms with Gasteiger partial charge in [0.05, 0.1) is 17.7 Å². The van der Waals surface area contributed by atoms with Gasteiger partial charge in [-0.2, -0.15) is 0 Å². The van der Waals surface area contributed by atoms with Crippen LogP contribution in [-0.4, -0.2) is 23.0 Å². The van der Waals surface area contributed by atoms with Gasteiger partial charge in [0.15, 0.2) is 0 Å². The largest absolute Gasteiger partial charge is 0.494 e. The molecule has 1 heterocycles. The lowest BCUT2D eigenvalue weighted by Gasteiger charge is -2.06. The van der Waals surface area contributed by atoms with Crippen molar-refractivity contribution in [2.75, 3.05) is 11.9 Å². The second kappa shape index (κ2) is 6.99. The van der Waals surface area contributed by atoms with E-state index in [-0.39, 0.29) is 11.8 Å². The van der Waals surface area contributed by atoms with Gasteiger partial charge >= 0.3 is 0 Å². The Kier molecular flexibility index (Phi) is 4.76. The Morgan fingerprint density at radius 3 is 2.52 bits per heavy atom. The lowest BCUT2D eigenvalue weighted by molar-refractivity contribution is 0.0941. The summed E-state index contributed by atoms with van der Waals surface area (Å²) in [5, 5.41) is 3.96. The first kappa shape index (κ1) is 17.0. The maximum atomic E-state index is 12.7. The van der Waals surface area contributed by atoms with Crippen molar-refractivity contribution in [2.45, 2.75) is 13.8 Å². The average molecular weight is 357 g/mol. The summed E-state index contributed by atoms with van der Waals surface area (Å²) >= 11 is 6.05. The Morgan fingerprint density at radius 1 is 1.16 bits per heavy atom. The summed E-state index contributed by atoms with van der Waals surface area (Å²) in [4.78, 5) is 24.5. The molecule has 1 amide bonds. The van der Waals surface area contributed by atoms with E-state index in [9.17, 15) is 9.59 Å². The van der Waals surface area contributed by atoms with E-state index in [0.717, 1.165) is 5.75 Å². The van der Waals surface area contributed by atoms with E-state index in [1.807, 2.05) is 6.92 Å². The number of aromatic nitrogens is 1. The molecule has 0 aliphatic heterocycles. The minimum Gasteiger partial charge on any atom is -0.494 e. The number of carbonyl (C=O) groups excluding carboxylic acids is 2. The van der Waals surface area contributed by atoms with Crippen LogP contribution in [0, 0.1) is 0 Å². The Morgan fingerprint density at radius 2 is 1.88 bits per heavy atom. The van der Waals surface area contributed by atoms with Gasteiger partial charge in [-0.1, -0.05) is 11.6 Å². The highest BCUT2D eigenvalue weighted by molar-refractivity contribution is 6.31. The van der Waals surface area contributed by atoms with Crippen molar-refractivity contribution in [1.82, 2.24) is 4.57 Å². The molecule has 0 saturated carbocycles. The fraction of sp³-hybridized carbons (Fsp3) is 0.158. The molecule has 25 heavy (non-hydrogen) atoms. The molecule has 3 rings (SSSR count). The van der Waals surface area contributed by atoms with Crippen molar-refractivity contribution in [3.63, 3.8) is 0 Å². The second-order valence-electron chi connectivity index (χ2n) is 5.50. The van der Waals surface area contributed by atoms with E-state index in [4.69, 9.17) is 16.3 Å². The number of benzene rings is 2. The minimum atomic E-state index is -0.309. The van der Waals surface area contributed by atoms with Gasteiger partial charge in [0.25, 0.3) is 5.91 Å². The van der Waals surface area contributed by atoms with Crippen LogP contribution < -0.4 is 10.1 Å². The molecule has 128 valence electrons. The first-order valence-corrected chi connectivity index (χ1v) is 8.23. The zero-order valence-electron chi connectivity index (χ0n) is 13.9. The molecule has 0 saturated heterocycles. The van der Waals surface area contributed by atoms with Crippen molar-refractivity contribution < 1.29 is 14.3 Å². The number of rotatable bonds is 4. The van der Waals surface area contributed by atoms with Crippen LogP contribution in [0.25, 0.3) is 10.9 Å². The predicted molar refractivity (Wildman–Crippen MR) is 98.8 cm³/mol. The molecule has 0 atom stereocenters. The molecule has 6 heteroatoms. The number of nitrogens with one attached hydrogen (secondary N) is 1. The molecule has 0 bridgehead atoms. The number of carbonyl (C=O) groups is 2. The number of nitrogens with zero attached hydrogens (tertiary/aromatic N) is 1. The topological polar surface area (TPSA) is 60.3 Å². The minimum absolute atomic E-state index is 0.174. The lowest BCUT2D eigenvalue weighted by Crippen LogP contribution is -2.12. The molecule has 1 aromatic heterocycles. The third kappa shape index (κ3) is 3.51. The van der Waals surface area contributed by atoms with Gasteiger partial charge < -0.3 is 10.1 Å². The zero-order chi connectivity index (χ0) is 18.0. The van der Waals surface area contributed by atoms with Gasteiger partial charge in [0.2, 0.25) is 5.91 Å². The summed E-state index contributed by atoms with van der Waals surface area (Å²) in [6, 6.07) is 12.2. The first-order chi connectivity index (χ1) is 12.0. The van der Waals surface area contributed by atoms with E-state index in [2.05, 4.69) is 5.32 Å². The number of halogens is 1. The molecule has 3 aromatic rings. The third-order valence-corrected chi connectivity index (χ3v) is 4.01. The Labute approximate surface area is 150 Å². The van der Waals surface area contributed by atoms with E-state index >= 15 is 0 Å². The van der Waals surface area contributed by atoms with E-state index < -0.39 is 0 Å². The smallest absolute Gasteiger partial charge is 0.257 e. The van der Waals surface area contributed by atoms with Crippen LogP contribution in [0.2, 0.25) is 5.02 Å². The molecule has 0 aliphatic rings. The van der Waals surface area contributed by atoms with Gasteiger partial charge in [-0.3, -0.25) is 14.2 Å². The normalized spacial score (nSPS) is 10.7. The van der Waals surface area contributed by atoms with Crippen molar-refractivity contribution >= 4 is 40.0 Å². The highest BCUT2D eigenvalue weighted by Crippen LogP contribution is 2.26. The first-order valence-electron chi connectivity index (χ1n) is 7.85. The van der Waals surface area contributed by atoms with Gasteiger partial charge in [-0.25, -0.2) is 0 Å². The molecule has 2 aromatic carbocycles. The van der Waals surface area contributed by atoms with E-state index in [1.165, 1.54) is 17.7 Å². The van der Waals surface area contributed by atoms with Crippen LogP contribution in [0.15, 0.2) is 48.7 Å². The monoisotopic (exact) mass is 356 g/mol. The van der Waals surface area contributed by atoms with Crippen LogP contribution in [0.5, 0.6) is 5.75 Å². The average Bonchev–Trinajstić information content (AvgIpc) is 2.96. The van der Waals surface area contributed by atoms with Crippen molar-refractivity contribution in [3.8, 4) is 5.75 Å². The number of amides is 1. The van der Waals surface area contributed by atoms with Crippen molar-refractivity contribution in [1.29, 1.82) is 0 Å². The number of anilines is 1. The summed E-state index contributed by atoms with van der Waals surface area (Å²) in [5.41, 5.74) is 1.68. The molecule has 1 N–H and O–H groups in total. The van der Waals surface area contributed by atoms with Gasteiger partial charge in [0, 0.05) is 29.2 Å². The molecule has 5 nitrogen and oxygen atoms in total. The summed E-state index contributed by atoms with van der Waals surface area (Å²) < 4.78 is 6.83. The summed E-state index contributed by atoms with van der Waals surface area (Å²) in [5.74, 6) is 0.254. The third-order valence-electron chi connectivity index (χ3n) is 3.77. The lowest BCUT2D eigenvalue weighted by atomic mass is 10.1. The van der Waals surface area contributed by atoms with Crippen LogP contribution in [0.4, 0.5) is 5.69 Å². The predicted octanol–water partition coefficient (Wildman–Crippen LogP) is 4.61. The highest BCUT2D eigenvalue weighted by Gasteiger charge is 2.17. The van der Waals surface area contributed by atoms with E-state index in [0.29, 0.717) is 33.8 Å². The fourth-order valence-corrected chi connectivity index (χ4v) is 2.82. The molecule has 0 radical (unpaired) electrons. The summed E-state index contributed by atoms with van der Waals surface area (Å²) in [6.07, 6.45) is 1.53. The van der Waals surface area contributed by atoms with Gasteiger partial charge in [0.1, 0.15) is 5.75 Å². The highest BCUT2D eigenvalue weighted by atomic mass is 35.5. The fourth-order valence-electron chi connectivity index (χ4n) is 2.64. The Hall–Kier alpha value is -2.79. The van der Waals surface area contributed by atoms with Crippen molar-refractivity contribution in [3.05, 3.63) is 59.2 Å². The molecule has 0 aliphatic carbocycles.